The van der Waals surface area contributed by atoms with Crippen LogP contribution in [0.15, 0.2) is 51.7 Å². The molecule has 41 heavy (non-hydrogen) atoms. The Morgan fingerprint density at radius 3 is 2.46 bits per heavy atom. The van der Waals surface area contributed by atoms with E-state index in [-0.39, 0.29) is 6.42 Å². The number of nitrogens with two attached hydrogens (primary N) is 1. The zero-order valence-electron chi connectivity index (χ0n) is 24.0. The van der Waals surface area contributed by atoms with Gasteiger partial charge in [0.2, 0.25) is 11.8 Å². The third kappa shape index (κ3) is 7.35. The molecule has 11 heteroatoms. The second-order valence-electron chi connectivity index (χ2n) is 11.2. The summed E-state index contributed by atoms with van der Waals surface area (Å²) in [6, 6.07) is 11.4. The van der Waals surface area contributed by atoms with Gasteiger partial charge in [0.25, 0.3) is 0 Å². The lowest BCUT2D eigenvalue weighted by molar-refractivity contribution is -0.131. The Labute approximate surface area is 238 Å². The highest BCUT2D eigenvalue weighted by molar-refractivity contribution is 5.91. The number of primary amides is 1. The number of oxazole rings is 1. The minimum atomic E-state index is -0.951. The van der Waals surface area contributed by atoms with E-state index in [1.54, 1.807) is 33.9 Å². The molecule has 220 valence electrons. The topological polar surface area (TPSA) is 146 Å². The highest BCUT2D eigenvalue weighted by Crippen LogP contribution is 2.25. The summed E-state index contributed by atoms with van der Waals surface area (Å²) in [5, 5.41) is 2.76. The van der Waals surface area contributed by atoms with Gasteiger partial charge in [-0.25, -0.2) is 9.59 Å². The number of nitrogens with zero attached hydrogens (tertiary/aromatic N) is 2. The van der Waals surface area contributed by atoms with Crippen LogP contribution in [0.3, 0.4) is 0 Å². The monoisotopic (exact) mass is 566 g/mol. The number of benzene rings is 2. The van der Waals surface area contributed by atoms with Gasteiger partial charge in [-0.05, 0) is 68.9 Å². The van der Waals surface area contributed by atoms with E-state index in [4.69, 9.17) is 19.6 Å². The number of nitrogens with one attached hydrogen (secondary N) is 1. The third-order valence-corrected chi connectivity index (χ3v) is 7.01. The standard InChI is InChI=1S/C30H38N4O7/c1-30(2,3)41-29(38)33-14-6-5-7-23(33)27(36)32-22(26(31)35)17-19-8-10-20(11-9-19)21-12-13-25-24(18-21)34(15-16-39-4)28(37)40-25/h8-13,18,22-23H,5-7,14-17H2,1-4H3,(H2,31,35)(H,32,36)/t22-,23-/m0/s1. The van der Waals surface area contributed by atoms with Crippen LogP contribution in [0.5, 0.6) is 0 Å². The highest BCUT2D eigenvalue weighted by Gasteiger charge is 2.36. The number of amides is 3. The first kappa shape index (κ1) is 29.9. The average Bonchev–Trinajstić information content (AvgIpc) is 3.24. The summed E-state index contributed by atoms with van der Waals surface area (Å²) in [5.41, 5.74) is 8.72. The zero-order valence-corrected chi connectivity index (χ0v) is 24.0. The summed E-state index contributed by atoms with van der Waals surface area (Å²) in [6.07, 6.45) is 1.68. The lowest BCUT2D eigenvalue weighted by Crippen LogP contribution is -2.56. The predicted octanol–water partition coefficient (Wildman–Crippen LogP) is 3.21. The average molecular weight is 567 g/mol. The molecule has 2 atom stereocenters. The molecule has 3 N–H and O–H groups in total. The van der Waals surface area contributed by atoms with Gasteiger partial charge in [-0.1, -0.05) is 30.3 Å². The molecule has 0 spiro atoms. The van der Waals surface area contributed by atoms with Crippen molar-refractivity contribution in [1.82, 2.24) is 14.8 Å². The molecule has 2 heterocycles. The SMILES string of the molecule is COCCn1c(=O)oc2ccc(-c3ccc(C[C@H](NC(=O)[C@@H]4CCCCN4C(=O)OC(C)(C)C)C(N)=O)cc3)cc21. The van der Waals surface area contributed by atoms with Crippen LogP contribution in [-0.2, 0) is 32.0 Å². The first-order valence-electron chi connectivity index (χ1n) is 13.8. The molecule has 1 aliphatic heterocycles. The van der Waals surface area contributed by atoms with E-state index in [0.29, 0.717) is 37.2 Å². The van der Waals surface area contributed by atoms with Gasteiger partial charge in [-0.3, -0.25) is 19.1 Å². The Bertz CT molecular complexity index is 1450. The van der Waals surface area contributed by atoms with Crippen LogP contribution in [0.1, 0.15) is 45.6 Å². The fraction of sp³-hybridized carbons (Fsp3) is 0.467. The number of likely N-dealkylation sites (tertiary alicyclic amines) is 1. The van der Waals surface area contributed by atoms with Gasteiger partial charge in [0, 0.05) is 20.1 Å². The van der Waals surface area contributed by atoms with Crippen LogP contribution in [0.25, 0.3) is 22.2 Å². The van der Waals surface area contributed by atoms with Crippen molar-refractivity contribution in [3.63, 3.8) is 0 Å². The summed E-state index contributed by atoms with van der Waals surface area (Å²) in [5.74, 6) is -1.53. The van der Waals surface area contributed by atoms with E-state index in [1.807, 2.05) is 36.4 Å². The van der Waals surface area contributed by atoms with Crippen LogP contribution < -0.4 is 16.8 Å². The van der Waals surface area contributed by atoms with Gasteiger partial charge in [-0.2, -0.15) is 0 Å². The van der Waals surface area contributed by atoms with Crippen molar-refractivity contribution >= 4 is 29.0 Å². The van der Waals surface area contributed by atoms with Crippen LogP contribution in [-0.4, -0.2) is 65.3 Å². The molecule has 1 fully saturated rings. The van der Waals surface area contributed by atoms with Crippen molar-refractivity contribution in [3.05, 3.63) is 58.6 Å². The summed E-state index contributed by atoms with van der Waals surface area (Å²) < 4.78 is 17.5. The van der Waals surface area contributed by atoms with Crippen LogP contribution in [0.2, 0.25) is 0 Å². The van der Waals surface area contributed by atoms with E-state index in [0.717, 1.165) is 29.5 Å². The molecule has 0 unspecified atom stereocenters. The molecule has 3 amide bonds. The summed E-state index contributed by atoms with van der Waals surface area (Å²) in [4.78, 5) is 51.9. The van der Waals surface area contributed by atoms with E-state index in [1.165, 1.54) is 9.47 Å². The first-order valence-corrected chi connectivity index (χ1v) is 13.8. The second kappa shape index (κ2) is 12.6. The van der Waals surface area contributed by atoms with E-state index in [9.17, 15) is 19.2 Å². The Balaban J connectivity index is 1.46. The fourth-order valence-electron chi connectivity index (χ4n) is 4.94. The molecule has 1 aliphatic rings. The molecule has 1 aromatic heterocycles. The Morgan fingerprint density at radius 1 is 1.10 bits per heavy atom. The second-order valence-corrected chi connectivity index (χ2v) is 11.2. The zero-order chi connectivity index (χ0) is 29.7. The Morgan fingerprint density at radius 2 is 1.80 bits per heavy atom. The number of carbonyl (C=O) groups excluding carboxylic acids is 3. The summed E-state index contributed by atoms with van der Waals surface area (Å²) in [6.45, 7) is 6.48. The van der Waals surface area contributed by atoms with Crippen molar-refractivity contribution in [2.75, 3.05) is 20.3 Å². The maximum atomic E-state index is 13.2. The largest absolute Gasteiger partial charge is 0.444 e. The molecule has 0 radical (unpaired) electrons. The molecule has 4 rings (SSSR count). The number of piperidine rings is 1. The smallest absolute Gasteiger partial charge is 0.420 e. The molecule has 3 aromatic rings. The van der Waals surface area contributed by atoms with E-state index < -0.39 is 41.3 Å². The predicted molar refractivity (Wildman–Crippen MR) is 153 cm³/mol. The van der Waals surface area contributed by atoms with E-state index >= 15 is 0 Å². The number of methoxy groups -OCH3 is 1. The maximum Gasteiger partial charge on any atom is 0.420 e. The van der Waals surface area contributed by atoms with Crippen LogP contribution in [0.4, 0.5) is 4.79 Å². The summed E-state index contributed by atoms with van der Waals surface area (Å²) >= 11 is 0. The number of ether oxygens (including phenoxy) is 2. The van der Waals surface area contributed by atoms with Gasteiger partial charge in [-0.15, -0.1) is 0 Å². The number of hydrogen-bond donors (Lipinski definition) is 2. The van der Waals surface area contributed by atoms with Crippen molar-refractivity contribution < 1.29 is 28.3 Å². The number of fused-ring (bicyclic) bond motifs is 1. The molecular weight excluding hydrogens is 528 g/mol. The number of rotatable bonds is 9. The molecule has 1 saturated heterocycles. The lowest BCUT2D eigenvalue weighted by atomic mass is 9.98. The Kier molecular flexibility index (Phi) is 9.17. The van der Waals surface area contributed by atoms with Gasteiger partial charge in [0.05, 0.1) is 18.7 Å². The lowest BCUT2D eigenvalue weighted by Gasteiger charge is -2.36. The molecule has 2 aromatic carbocycles. The number of hydrogen-bond acceptors (Lipinski definition) is 7. The van der Waals surface area contributed by atoms with Crippen LogP contribution >= 0.6 is 0 Å². The van der Waals surface area contributed by atoms with Crippen LogP contribution in [0, 0.1) is 0 Å². The Hall–Kier alpha value is -4.12. The van der Waals surface area contributed by atoms with Gasteiger partial charge < -0.3 is 24.9 Å². The minimum absolute atomic E-state index is 0.192. The van der Waals surface area contributed by atoms with Crippen molar-refractivity contribution in [1.29, 1.82) is 0 Å². The molecule has 0 aliphatic carbocycles. The molecular formula is C30H38N4O7. The van der Waals surface area contributed by atoms with E-state index in [2.05, 4.69) is 5.32 Å². The fourth-order valence-corrected chi connectivity index (χ4v) is 4.94. The van der Waals surface area contributed by atoms with Crippen molar-refractivity contribution in [2.45, 2.75) is 70.7 Å². The molecule has 11 nitrogen and oxygen atoms in total. The van der Waals surface area contributed by atoms with Gasteiger partial charge in [0.15, 0.2) is 5.58 Å². The third-order valence-electron chi connectivity index (χ3n) is 7.01. The van der Waals surface area contributed by atoms with Gasteiger partial charge in [0.1, 0.15) is 17.7 Å². The maximum absolute atomic E-state index is 13.2. The van der Waals surface area contributed by atoms with Gasteiger partial charge >= 0.3 is 11.8 Å². The molecule has 0 saturated carbocycles. The highest BCUT2D eigenvalue weighted by atomic mass is 16.6. The first-order chi connectivity index (χ1) is 19.5. The molecule has 0 bridgehead atoms. The summed E-state index contributed by atoms with van der Waals surface area (Å²) in [7, 11) is 1.57. The number of aromatic nitrogens is 1. The van der Waals surface area contributed by atoms with Crippen molar-refractivity contribution in [3.8, 4) is 11.1 Å². The normalized spacial score (nSPS) is 16.4. The quantitative estimate of drug-likeness (QED) is 0.404. The minimum Gasteiger partial charge on any atom is -0.444 e. The number of carbonyl (C=O) groups is 3. The van der Waals surface area contributed by atoms with Crippen molar-refractivity contribution in [2.24, 2.45) is 5.73 Å².